The molecule has 0 aromatic rings. The van der Waals surface area contributed by atoms with Crippen molar-refractivity contribution in [2.24, 2.45) is 11.8 Å². The van der Waals surface area contributed by atoms with Gasteiger partial charge in [-0.05, 0) is 64.7 Å². The van der Waals surface area contributed by atoms with E-state index in [-0.39, 0.29) is 0 Å². The second-order valence-corrected chi connectivity index (χ2v) is 7.56. The lowest BCUT2D eigenvalue weighted by Gasteiger charge is -2.38. The molecule has 1 saturated carbocycles. The van der Waals surface area contributed by atoms with Crippen molar-refractivity contribution >= 4 is 0 Å². The minimum Gasteiger partial charge on any atom is -0.314 e. The van der Waals surface area contributed by atoms with Crippen LogP contribution in [0.1, 0.15) is 52.4 Å². The second kappa shape index (κ2) is 8.50. The highest BCUT2D eigenvalue weighted by atomic mass is 15.2. The summed E-state index contributed by atoms with van der Waals surface area (Å²) >= 11 is 0. The first-order valence-electron chi connectivity index (χ1n) is 9.26. The molecule has 0 aromatic heterocycles. The highest BCUT2D eigenvalue weighted by molar-refractivity contribution is 4.89. The number of nitrogens with one attached hydrogen (secondary N) is 1. The standard InChI is InChI=1S/C18H37N3/c1-5-7-15-8-9-18(19-6-2)16(12-15)13-21-11-10-17(14-21)20(3)4/h15-19H,5-14H2,1-4H3. The zero-order chi connectivity index (χ0) is 15.2. The lowest BCUT2D eigenvalue weighted by Crippen LogP contribution is -2.46. The third-order valence-electron chi connectivity index (χ3n) is 5.72. The largest absolute Gasteiger partial charge is 0.314 e. The maximum atomic E-state index is 3.77. The van der Waals surface area contributed by atoms with E-state index >= 15 is 0 Å². The van der Waals surface area contributed by atoms with Crippen LogP contribution in [0.25, 0.3) is 0 Å². The predicted octanol–water partition coefficient (Wildman–Crippen LogP) is 2.82. The highest BCUT2D eigenvalue weighted by Crippen LogP contribution is 2.33. The number of rotatable bonds is 7. The number of hydrogen-bond acceptors (Lipinski definition) is 3. The second-order valence-electron chi connectivity index (χ2n) is 7.56. The smallest absolute Gasteiger partial charge is 0.0229 e. The van der Waals surface area contributed by atoms with Crippen LogP contribution >= 0.6 is 0 Å². The molecule has 1 aliphatic heterocycles. The third kappa shape index (κ3) is 4.94. The molecular formula is C18H37N3. The molecule has 0 radical (unpaired) electrons. The van der Waals surface area contributed by atoms with Gasteiger partial charge in [-0.1, -0.05) is 26.7 Å². The van der Waals surface area contributed by atoms with Crippen molar-refractivity contribution in [3.63, 3.8) is 0 Å². The number of likely N-dealkylation sites (tertiary alicyclic amines) is 1. The van der Waals surface area contributed by atoms with Gasteiger partial charge >= 0.3 is 0 Å². The summed E-state index contributed by atoms with van der Waals surface area (Å²) in [6.45, 7) is 9.63. The summed E-state index contributed by atoms with van der Waals surface area (Å²) in [5.41, 5.74) is 0. The number of hydrogen-bond donors (Lipinski definition) is 1. The molecule has 1 N–H and O–H groups in total. The topological polar surface area (TPSA) is 18.5 Å². The van der Waals surface area contributed by atoms with Crippen molar-refractivity contribution < 1.29 is 0 Å². The SMILES string of the molecule is CCCC1CCC(NCC)C(CN2CCC(N(C)C)C2)C1. The average Bonchev–Trinajstić information content (AvgIpc) is 2.91. The van der Waals surface area contributed by atoms with E-state index in [4.69, 9.17) is 0 Å². The van der Waals surface area contributed by atoms with Gasteiger partial charge in [0.05, 0.1) is 0 Å². The van der Waals surface area contributed by atoms with E-state index in [0.29, 0.717) is 0 Å². The van der Waals surface area contributed by atoms with Crippen LogP contribution in [0.3, 0.4) is 0 Å². The quantitative estimate of drug-likeness (QED) is 0.779. The molecule has 3 heteroatoms. The fourth-order valence-electron chi connectivity index (χ4n) is 4.50. The van der Waals surface area contributed by atoms with Crippen molar-refractivity contribution in [1.82, 2.24) is 15.1 Å². The molecule has 4 unspecified atom stereocenters. The van der Waals surface area contributed by atoms with E-state index in [9.17, 15) is 0 Å². The maximum absolute atomic E-state index is 3.77. The maximum Gasteiger partial charge on any atom is 0.0229 e. The monoisotopic (exact) mass is 295 g/mol. The van der Waals surface area contributed by atoms with Gasteiger partial charge < -0.3 is 15.1 Å². The average molecular weight is 296 g/mol. The van der Waals surface area contributed by atoms with Gasteiger partial charge in [-0.2, -0.15) is 0 Å². The zero-order valence-electron chi connectivity index (χ0n) is 14.8. The lowest BCUT2D eigenvalue weighted by molar-refractivity contribution is 0.145. The van der Waals surface area contributed by atoms with E-state index in [2.05, 4.69) is 43.1 Å². The lowest BCUT2D eigenvalue weighted by atomic mass is 9.76. The molecule has 124 valence electrons. The van der Waals surface area contributed by atoms with E-state index in [1.807, 2.05) is 0 Å². The van der Waals surface area contributed by atoms with E-state index in [1.54, 1.807) is 0 Å². The first-order chi connectivity index (χ1) is 10.1. The van der Waals surface area contributed by atoms with Crippen LogP contribution in [0.15, 0.2) is 0 Å². The minimum atomic E-state index is 0.765. The Balaban J connectivity index is 1.87. The van der Waals surface area contributed by atoms with Crippen molar-refractivity contribution in [2.75, 3.05) is 40.3 Å². The molecule has 0 bridgehead atoms. The van der Waals surface area contributed by atoms with Crippen LogP contribution in [0.4, 0.5) is 0 Å². The van der Waals surface area contributed by atoms with Crippen molar-refractivity contribution in [1.29, 1.82) is 0 Å². The van der Waals surface area contributed by atoms with Crippen molar-refractivity contribution in [3.8, 4) is 0 Å². The summed E-state index contributed by atoms with van der Waals surface area (Å²) in [5, 5.41) is 3.77. The molecule has 4 atom stereocenters. The van der Waals surface area contributed by atoms with Gasteiger partial charge in [0.25, 0.3) is 0 Å². The predicted molar refractivity (Wildman–Crippen MR) is 91.7 cm³/mol. The van der Waals surface area contributed by atoms with E-state index in [0.717, 1.165) is 30.5 Å². The molecule has 0 aromatic carbocycles. The van der Waals surface area contributed by atoms with Crippen LogP contribution < -0.4 is 5.32 Å². The minimum absolute atomic E-state index is 0.765. The number of likely N-dealkylation sites (N-methyl/N-ethyl adjacent to an activating group) is 1. The van der Waals surface area contributed by atoms with Crippen molar-refractivity contribution in [3.05, 3.63) is 0 Å². The van der Waals surface area contributed by atoms with Gasteiger partial charge in [-0.25, -0.2) is 0 Å². The Morgan fingerprint density at radius 3 is 2.57 bits per heavy atom. The zero-order valence-corrected chi connectivity index (χ0v) is 14.8. The van der Waals surface area contributed by atoms with Crippen LogP contribution in [0, 0.1) is 11.8 Å². The Morgan fingerprint density at radius 2 is 1.95 bits per heavy atom. The van der Waals surface area contributed by atoms with Gasteiger partial charge in [0.15, 0.2) is 0 Å². The molecule has 2 rings (SSSR count). The van der Waals surface area contributed by atoms with Crippen LogP contribution in [-0.2, 0) is 0 Å². The van der Waals surface area contributed by atoms with Crippen LogP contribution in [-0.4, -0.2) is 62.2 Å². The van der Waals surface area contributed by atoms with E-state index < -0.39 is 0 Å². The van der Waals surface area contributed by atoms with Gasteiger partial charge in [0.2, 0.25) is 0 Å². The van der Waals surface area contributed by atoms with Crippen LogP contribution in [0.5, 0.6) is 0 Å². The third-order valence-corrected chi connectivity index (χ3v) is 5.72. The van der Waals surface area contributed by atoms with Gasteiger partial charge in [0, 0.05) is 25.2 Å². The summed E-state index contributed by atoms with van der Waals surface area (Å²) in [6.07, 6.45) is 8.44. The van der Waals surface area contributed by atoms with Crippen molar-refractivity contribution in [2.45, 2.75) is 64.5 Å². The first kappa shape index (κ1) is 17.2. The first-order valence-corrected chi connectivity index (χ1v) is 9.26. The summed E-state index contributed by atoms with van der Waals surface area (Å²) in [7, 11) is 4.46. The molecule has 21 heavy (non-hydrogen) atoms. The molecule has 2 aliphatic rings. The van der Waals surface area contributed by atoms with E-state index in [1.165, 1.54) is 58.2 Å². The molecule has 3 nitrogen and oxygen atoms in total. The molecule has 0 amide bonds. The molecule has 1 saturated heterocycles. The summed E-state index contributed by atoms with van der Waals surface area (Å²) in [5.74, 6) is 1.86. The summed E-state index contributed by atoms with van der Waals surface area (Å²) < 4.78 is 0. The normalized spacial score (nSPS) is 34.7. The van der Waals surface area contributed by atoms with Gasteiger partial charge in [-0.3, -0.25) is 0 Å². The summed E-state index contributed by atoms with van der Waals surface area (Å²) in [4.78, 5) is 5.14. The molecule has 1 aliphatic carbocycles. The Kier molecular flexibility index (Phi) is 6.97. The van der Waals surface area contributed by atoms with Gasteiger partial charge in [-0.15, -0.1) is 0 Å². The Bertz CT molecular complexity index is 292. The Labute approximate surface area is 132 Å². The fourth-order valence-corrected chi connectivity index (χ4v) is 4.50. The summed E-state index contributed by atoms with van der Waals surface area (Å²) in [6, 6.07) is 1.54. The number of nitrogens with zero attached hydrogens (tertiary/aromatic N) is 2. The molecule has 0 spiro atoms. The van der Waals surface area contributed by atoms with Gasteiger partial charge in [0.1, 0.15) is 0 Å². The highest BCUT2D eigenvalue weighted by Gasteiger charge is 2.33. The molecule has 2 fully saturated rings. The Morgan fingerprint density at radius 1 is 1.14 bits per heavy atom. The molecule has 1 heterocycles. The Hall–Kier alpha value is -0.120. The fraction of sp³-hybridized carbons (Fsp3) is 1.00. The van der Waals surface area contributed by atoms with Crippen LogP contribution in [0.2, 0.25) is 0 Å². The molecular weight excluding hydrogens is 258 g/mol.